The molecular weight excluding hydrogens is 354 g/mol. The first kappa shape index (κ1) is 19.0. The van der Waals surface area contributed by atoms with E-state index in [9.17, 15) is 8.42 Å². The van der Waals surface area contributed by atoms with E-state index in [1.54, 1.807) is 0 Å². The predicted octanol–water partition coefficient (Wildman–Crippen LogP) is 1.39. The van der Waals surface area contributed by atoms with Crippen LogP contribution in [0.1, 0.15) is 12.8 Å². The van der Waals surface area contributed by atoms with Crippen molar-refractivity contribution in [3.8, 4) is 0 Å². The van der Waals surface area contributed by atoms with Gasteiger partial charge in [0, 0.05) is 31.3 Å². The lowest BCUT2D eigenvalue weighted by Gasteiger charge is -2.13. The number of sulfonamides is 1. The molecule has 134 valence electrons. The SMILES string of the molecule is O=S(=O)(NC1=NCCCOCCOCCCN1)c1ccc(Cl)cc1. The van der Waals surface area contributed by atoms with Crippen molar-refractivity contribution >= 4 is 27.6 Å². The zero-order valence-corrected chi connectivity index (χ0v) is 14.9. The van der Waals surface area contributed by atoms with E-state index in [1.807, 2.05) is 0 Å². The van der Waals surface area contributed by atoms with Crippen LogP contribution in [0, 0.1) is 0 Å². The molecule has 0 bridgehead atoms. The Morgan fingerprint density at radius 1 is 1.04 bits per heavy atom. The quantitative estimate of drug-likeness (QED) is 0.815. The minimum absolute atomic E-state index is 0.131. The minimum Gasteiger partial charge on any atom is -0.379 e. The number of rotatable bonds is 2. The van der Waals surface area contributed by atoms with Gasteiger partial charge in [0.2, 0.25) is 5.96 Å². The summed E-state index contributed by atoms with van der Waals surface area (Å²) in [7, 11) is -3.71. The van der Waals surface area contributed by atoms with Crippen molar-refractivity contribution in [2.45, 2.75) is 17.7 Å². The maximum absolute atomic E-state index is 12.4. The van der Waals surface area contributed by atoms with Crippen LogP contribution in [0.15, 0.2) is 34.2 Å². The number of hydrogen-bond acceptors (Lipinski definition) is 6. The topological polar surface area (TPSA) is 89.0 Å². The van der Waals surface area contributed by atoms with Gasteiger partial charge in [-0.05, 0) is 37.1 Å². The molecule has 1 aliphatic heterocycles. The molecule has 9 heteroatoms. The molecule has 1 aromatic rings. The summed E-state index contributed by atoms with van der Waals surface area (Å²) >= 11 is 5.79. The number of hydrogen-bond donors (Lipinski definition) is 2. The zero-order chi connectivity index (χ0) is 17.3. The van der Waals surface area contributed by atoms with Gasteiger partial charge in [-0.1, -0.05) is 11.6 Å². The van der Waals surface area contributed by atoms with E-state index >= 15 is 0 Å². The van der Waals surface area contributed by atoms with E-state index < -0.39 is 10.0 Å². The smallest absolute Gasteiger partial charge is 0.264 e. The second-order valence-corrected chi connectivity index (χ2v) is 7.27. The summed E-state index contributed by atoms with van der Waals surface area (Å²) in [4.78, 5) is 4.41. The highest BCUT2D eigenvalue weighted by Crippen LogP contribution is 2.13. The summed E-state index contributed by atoms with van der Waals surface area (Å²) in [5.74, 6) is 0.226. The standard InChI is InChI=1S/C15H22ClN3O4S/c16-13-3-5-14(6-4-13)24(20,21)19-15-17-7-1-9-22-11-12-23-10-2-8-18-15/h3-6H,1-2,7-12H2,(H2,17,18,19). The third kappa shape index (κ3) is 6.64. The maximum atomic E-state index is 12.4. The van der Waals surface area contributed by atoms with Crippen molar-refractivity contribution in [1.29, 1.82) is 0 Å². The molecule has 1 aromatic carbocycles. The van der Waals surface area contributed by atoms with Gasteiger partial charge < -0.3 is 14.8 Å². The van der Waals surface area contributed by atoms with Gasteiger partial charge in [-0.15, -0.1) is 0 Å². The number of aliphatic imine (C=N–C) groups is 1. The lowest BCUT2D eigenvalue weighted by atomic mass is 10.4. The van der Waals surface area contributed by atoms with Gasteiger partial charge in [0.25, 0.3) is 10.0 Å². The van der Waals surface area contributed by atoms with E-state index in [2.05, 4.69) is 15.0 Å². The van der Waals surface area contributed by atoms with Gasteiger partial charge in [-0.3, -0.25) is 4.99 Å². The lowest BCUT2D eigenvalue weighted by molar-refractivity contribution is 0.0471. The molecule has 0 radical (unpaired) electrons. The van der Waals surface area contributed by atoms with Crippen LogP contribution in [-0.4, -0.2) is 53.9 Å². The molecule has 0 saturated heterocycles. The molecule has 0 saturated carbocycles. The lowest BCUT2D eigenvalue weighted by Crippen LogP contribution is -2.41. The van der Waals surface area contributed by atoms with Crippen molar-refractivity contribution in [3.63, 3.8) is 0 Å². The maximum Gasteiger partial charge on any atom is 0.264 e. The van der Waals surface area contributed by atoms with Gasteiger partial charge in [-0.25, -0.2) is 13.1 Å². The van der Waals surface area contributed by atoms with Crippen LogP contribution < -0.4 is 10.0 Å². The number of halogens is 1. The average Bonchev–Trinajstić information content (AvgIpc) is 2.57. The number of nitrogens with one attached hydrogen (secondary N) is 2. The predicted molar refractivity (Wildman–Crippen MR) is 93.0 cm³/mol. The fraction of sp³-hybridized carbons (Fsp3) is 0.533. The molecule has 2 rings (SSSR count). The van der Waals surface area contributed by atoms with Crippen LogP contribution in [0.5, 0.6) is 0 Å². The van der Waals surface area contributed by atoms with E-state index in [0.29, 0.717) is 51.0 Å². The van der Waals surface area contributed by atoms with Crippen molar-refractivity contribution in [2.75, 3.05) is 39.5 Å². The molecule has 1 aliphatic rings. The fourth-order valence-corrected chi connectivity index (χ4v) is 3.11. The van der Waals surface area contributed by atoms with E-state index in [1.165, 1.54) is 24.3 Å². The number of ether oxygens (including phenoxy) is 2. The largest absolute Gasteiger partial charge is 0.379 e. The Bertz CT molecular complexity index is 635. The summed E-state index contributed by atoms with van der Waals surface area (Å²) in [6.07, 6.45) is 1.44. The Kier molecular flexibility index (Phi) is 7.77. The average molecular weight is 376 g/mol. The number of benzene rings is 1. The molecule has 0 atom stereocenters. The first-order valence-corrected chi connectivity index (χ1v) is 9.66. The van der Waals surface area contributed by atoms with Crippen LogP contribution in [0.4, 0.5) is 0 Å². The van der Waals surface area contributed by atoms with E-state index in [4.69, 9.17) is 21.1 Å². The first-order valence-electron chi connectivity index (χ1n) is 7.80. The first-order chi connectivity index (χ1) is 11.6. The Morgan fingerprint density at radius 3 is 2.42 bits per heavy atom. The highest BCUT2D eigenvalue weighted by molar-refractivity contribution is 7.90. The molecule has 7 nitrogen and oxygen atoms in total. The third-order valence-corrected chi connectivity index (χ3v) is 4.81. The minimum atomic E-state index is -3.71. The van der Waals surface area contributed by atoms with Crippen LogP contribution in [0.3, 0.4) is 0 Å². The summed E-state index contributed by atoms with van der Waals surface area (Å²) < 4.78 is 38.1. The second-order valence-electron chi connectivity index (χ2n) is 5.15. The Hall–Kier alpha value is -1.35. The molecule has 1 heterocycles. The number of nitrogens with zero attached hydrogens (tertiary/aromatic N) is 1. The summed E-state index contributed by atoms with van der Waals surface area (Å²) in [6, 6.07) is 5.97. The van der Waals surface area contributed by atoms with Gasteiger partial charge >= 0.3 is 0 Å². The molecule has 0 unspecified atom stereocenters. The van der Waals surface area contributed by atoms with Crippen molar-refractivity contribution in [3.05, 3.63) is 29.3 Å². The third-order valence-electron chi connectivity index (χ3n) is 3.20. The van der Waals surface area contributed by atoms with Crippen LogP contribution >= 0.6 is 11.6 Å². The summed E-state index contributed by atoms with van der Waals surface area (Å²) in [6.45, 7) is 3.29. The van der Waals surface area contributed by atoms with Gasteiger partial charge in [-0.2, -0.15) is 0 Å². The normalized spacial score (nSPS) is 18.3. The highest BCUT2D eigenvalue weighted by atomic mass is 35.5. The van der Waals surface area contributed by atoms with Crippen LogP contribution in [0.25, 0.3) is 0 Å². The Balaban J connectivity index is 2.03. The molecule has 0 amide bonds. The zero-order valence-electron chi connectivity index (χ0n) is 13.3. The number of guanidine groups is 1. The second kappa shape index (κ2) is 9.83. The molecule has 0 spiro atoms. The van der Waals surface area contributed by atoms with Crippen molar-refractivity contribution < 1.29 is 17.9 Å². The summed E-state index contributed by atoms with van der Waals surface area (Å²) in [5, 5.41) is 3.49. The Morgan fingerprint density at radius 2 is 1.71 bits per heavy atom. The highest BCUT2D eigenvalue weighted by Gasteiger charge is 2.16. The van der Waals surface area contributed by atoms with Gasteiger partial charge in [0.15, 0.2) is 0 Å². The van der Waals surface area contributed by atoms with Gasteiger partial charge in [0.1, 0.15) is 0 Å². The molecule has 2 N–H and O–H groups in total. The molecule has 0 aromatic heterocycles. The Labute approximate surface area is 147 Å². The molecule has 0 fully saturated rings. The van der Waals surface area contributed by atoms with Crippen molar-refractivity contribution in [1.82, 2.24) is 10.0 Å². The molecule has 24 heavy (non-hydrogen) atoms. The van der Waals surface area contributed by atoms with Crippen LogP contribution in [0.2, 0.25) is 5.02 Å². The van der Waals surface area contributed by atoms with E-state index in [-0.39, 0.29) is 10.9 Å². The fourth-order valence-electron chi connectivity index (χ4n) is 1.98. The summed E-state index contributed by atoms with van der Waals surface area (Å²) in [5.41, 5.74) is 0. The molecule has 0 aliphatic carbocycles. The van der Waals surface area contributed by atoms with Crippen molar-refractivity contribution in [2.24, 2.45) is 4.99 Å². The monoisotopic (exact) mass is 375 g/mol. The van der Waals surface area contributed by atoms with E-state index in [0.717, 1.165) is 6.42 Å². The van der Waals surface area contributed by atoms with Gasteiger partial charge in [0.05, 0.1) is 18.1 Å². The van der Waals surface area contributed by atoms with Crippen LogP contribution in [-0.2, 0) is 19.5 Å². The molecular formula is C15H22ClN3O4S.